The third kappa shape index (κ3) is 15.6. The van der Waals surface area contributed by atoms with Crippen LogP contribution in [-0.2, 0) is 73.8 Å². The van der Waals surface area contributed by atoms with E-state index in [0.29, 0.717) is 43.5 Å². The number of alkyl halides is 6. The maximum Gasteiger partial charge on any atom is 0.416 e. The van der Waals surface area contributed by atoms with Crippen molar-refractivity contribution < 1.29 is 41.0 Å². The highest BCUT2D eigenvalue weighted by Gasteiger charge is 2.31. The summed E-state index contributed by atoms with van der Waals surface area (Å²) >= 11 is 0. The van der Waals surface area contributed by atoms with Crippen molar-refractivity contribution in [2.75, 3.05) is 0 Å². The normalized spacial score (nSPS) is 11.4. The summed E-state index contributed by atoms with van der Waals surface area (Å²) in [7, 11) is 0. The largest absolute Gasteiger partial charge is 0.480 e. The molecule has 416 valence electrons. The molecular formula is C60H54F6N10O5. The maximum absolute atomic E-state index is 13.5. The predicted molar refractivity (Wildman–Crippen MR) is 294 cm³/mol. The van der Waals surface area contributed by atoms with E-state index in [-0.39, 0.29) is 35.7 Å². The highest BCUT2D eigenvalue weighted by Crippen LogP contribution is 2.32. The Morgan fingerprint density at radius 2 is 0.988 bits per heavy atom. The minimum absolute atomic E-state index is 0.155. The van der Waals surface area contributed by atoms with Crippen LogP contribution in [-0.4, -0.2) is 56.0 Å². The number of carbonyl (C=O) groups excluding carboxylic acids is 1. The van der Waals surface area contributed by atoms with E-state index in [0.717, 1.165) is 86.0 Å². The van der Waals surface area contributed by atoms with E-state index < -0.39 is 53.0 Å². The van der Waals surface area contributed by atoms with Crippen molar-refractivity contribution in [1.82, 2.24) is 44.4 Å². The molecular weight excluding hydrogens is 1050 g/mol. The van der Waals surface area contributed by atoms with Crippen molar-refractivity contribution in [1.29, 1.82) is 0 Å². The molecule has 6 aromatic heterocycles. The Kier molecular flexibility index (Phi) is 18.8. The Labute approximate surface area is 459 Å². The average molecular weight is 1110 g/mol. The number of benzene rings is 4. The molecule has 0 saturated carbocycles. The number of carboxylic acid groups (broad SMARTS) is 1. The van der Waals surface area contributed by atoms with Gasteiger partial charge in [-0.25, -0.2) is 0 Å². The van der Waals surface area contributed by atoms with Crippen LogP contribution in [0.2, 0.25) is 0 Å². The first-order valence-corrected chi connectivity index (χ1v) is 25.6. The van der Waals surface area contributed by atoms with Gasteiger partial charge in [-0.2, -0.15) is 26.3 Å². The molecule has 0 atom stereocenters. The van der Waals surface area contributed by atoms with Crippen molar-refractivity contribution in [2.45, 2.75) is 77.1 Å². The fourth-order valence-electron chi connectivity index (χ4n) is 8.84. The lowest BCUT2D eigenvalue weighted by molar-refractivity contribution is -0.138. The van der Waals surface area contributed by atoms with Gasteiger partial charge in [0.25, 0.3) is 11.1 Å². The van der Waals surface area contributed by atoms with Gasteiger partial charge < -0.3 is 26.1 Å². The number of carbonyl (C=O) groups is 2. The van der Waals surface area contributed by atoms with Gasteiger partial charge in [0.05, 0.1) is 41.5 Å². The zero-order valence-corrected chi connectivity index (χ0v) is 43.3. The fourth-order valence-corrected chi connectivity index (χ4v) is 8.84. The minimum atomic E-state index is -4.49. The second-order valence-electron chi connectivity index (χ2n) is 18.7. The molecule has 10 aromatic rings. The van der Waals surface area contributed by atoms with Gasteiger partial charge in [-0.1, -0.05) is 84.9 Å². The van der Waals surface area contributed by atoms with Crippen molar-refractivity contribution in [2.24, 2.45) is 5.73 Å². The number of nitrogens with two attached hydrogens (primary N) is 1. The number of aliphatic carboxylic acids is 1. The number of hydrogen-bond acceptors (Lipinski definition) is 9. The molecule has 0 fully saturated rings. The smallest absolute Gasteiger partial charge is 0.416 e. The van der Waals surface area contributed by atoms with E-state index in [1.165, 1.54) is 41.2 Å². The summed E-state index contributed by atoms with van der Waals surface area (Å²) in [6, 6.07) is 35.8. The van der Waals surface area contributed by atoms with Gasteiger partial charge in [-0.3, -0.25) is 48.2 Å². The topological polar surface area (TPSA) is 220 Å². The third-order valence-corrected chi connectivity index (χ3v) is 13.0. The Hall–Kier alpha value is -9.50. The monoisotopic (exact) mass is 1110 g/mol. The van der Waals surface area contributed by atoms with Crippen molar-refractivity contribution in [3.05, 3.63) is 236 Å². The number of halogens is 6. The molecule has 21 heteroatoms. The Balaban J connectivity index is 0.000000183. The first kappa shape index (κ1) is 57.7. The number of hydrogen-bond donors (Lipinski definition) is 5. The van der Waals surface area contributed by atoms with Gasteiger partial charge >= 0.3 is 18.3 Å². The quantitative estimate of drug-likeness (QED) is 0.0543. The predicted octanol–water partition coefficient (Wildman–Crippen LogP) is 10.5. The van der Waals surface area contributed by atoms with Gasteiger partial charge in [0.2, 0.25) is 5.91 Å². The molecule has 4 aromatic carbocycles. The average Bonchev–Trinajstić information content (AvgIpc) is 4.10. The number of fused-ring (bicyclic) bond motifs is 2. The summed E-state index contributed by atoms with van der Waals surface area (Å²) in [5.41, 5.74) is 10.4. The lowest BCUT2D eigenvalue weighted by Gasteiger charge is -2.15. The van der Waals surface area contributed by atoms with E-state index in [9.17, 15) is 50.6 Å². The van der Waals surface area contributed by atoms with Crippen LogP contribution in [0.4, 0.5) is 26.3 Å². The number of carboxylic acids is 1. The first-order valence-electron chi connectivity index (χ1n) is 25.6. The van der Waals surface area contributed by atoms with Crippen molar-refractivity contribution in [3.63, 3.8) is 0 Å². The van der Waals surface area contributed by atoms with Crippen LogP contribution in [0.25, 0.3) is 44.3 Å². The van der Waals surface area contributed by atoms with Gasteiger partial charge in [0.1, 0.15) is 24.5 Å². The second kappa shape index (κ2) is 26.4. The molecule has 0 bridgehead atoms. The Morgan fingerprint density at radius 3 is 1.41 bits per heavy atom. The SMILES string of the molecule is NCc1cc2cnccc2[nH]1.O=C(Cn1c(-c2ccc(C(F)(F)F)cc2)cnc(CCCc2ccccc2)c1=O)NCc1cc2cnccc2[nH]1.O=C(O)Cn1c(-c2ccc(C(F)(F)F)cc2)cnc(CCCc2ccccc2)c1=O. The number of H-pyrrole nitrogens is 2. The lowest BCUT2D eigenvalue weighted by Crippen LogP contribution is -2.34. The minimum Gasteiger partial charge on any atom is -0.480 e. The molecule has 0 radical (unpaired) electrons. The highest BCUT2D eigenvalue weighted by atomic mass is 19.4. The van der Waals surface area contributed by atoms with Crippen molar-refractivity contribution in [3.8, 4) is 22.5 Å². The molecule has 6 N–H and O–H groups in total. The molecule has 15 nitrogen and oxygen atoms in total. The van der Waals surface area contributed by atoms with Crippen LogP contribution >= 0.6 is 0 Å². The number of nitrogens with one attached hydrogen (secondary N) is 3. The number of pyridine rings is 2. The molecule has 10 rings (SSSR count). The van der Waals surface area contributed by atoms with Crippen LogP contribution in [0.5, 0.6) is 0 Å². The van der Waals surface area contributed by atoms with Gasteiger partial charge in [0, 0.05) is 64.5 Å². The van der Waals surface area contributed by atoms with Crippen LogP contribution in [0, 0.1) is 0 Å². The van der Waals surface area contributed by atoms with Crippen LogP contribution in [0.3, 0.4) is 0 Å². The number of rotatable bonds is 17. The first-order chi connectivity index (χ1) is 38.9. The van der Waals surface area contributed by atoms with E-state index >= 15 is 0 Å². The lowest BCUT2D eigenvalue weighted by atomic mass is 10.1. The number of amides is 1. The fraction of sp³-hybridized carbons (Fsp3) is 0.200. The number of aromatic nitrogens is 8. The summed E-state index contributed by atoms with van der Waals surface area (Å²) in [4.78, 5) is 73.5. The summed E-state index contributed by atoms with van der Waals surface area (Å²) < 4.78 is 80.0. The van der Waals surface area contributed by atoms with Gasteiger partial charge in [-0.15, -0.1) is 0 Å². The molecule has 0 aliphatic carbocycles. The molecule has 0 unspecified atom stereocenters. The zero-order valence-electron chi connectivity index (χ0n) is 43.3. The number of aryl methyl sites for hydroxylation is 4. The van der Waals surface area contributed by atoms with E-state index in [4.69, 9.17) is 5.73 Å². The van der Waals surface area contributed by atoms with Gasteiger partial charge in [0.15, 0.2) is 0 Å². The van der Waals surface area contributed by atoms with Crippen LogP contribution in [0.1, 0.15) is 57.9 Å². The van der Waals surface area contributed by atoms with Crippen molar-refractivity contribution >= 4 is 33.7 Å². The Bertz CT molecular complexity index is 3780. The summed E-state index contributed by atoms with van der Waals surface area (Å²) in [6.45, 7) is -0.170. The Morgan fingerprint density at radius 1 is 0.556 bits per heavy atom. The summed E-state index contributed by atoms with van der Waals surface area (Å²) in [5, 5.41) is 14.0. The van der Waals surface area contributed by atoms with E-state index in [1.54, 1.807) is 18.6 Å². The summed E-state index contributed by atoms with van der Waals surface area (Å²) in [6.07, 6.45) is 4.34. The molecule has 6 heterocycles. The molecule has 0 aliphatic heterocycles. The molecule has 0 saturated heterocycles. The highest BCUT2D eigenvalue weighted by molar-refractivity contribution is 5.80. The van der Waals surface area contributed by atoms with Gasteiger partial charge in [-0.05, 0) is 109 Å². The van der Waals surface area contributed by atoms with Crippen LogP contribution in [0.15, 0.2) is 180 Å². The molecule has 0 aliphatic rings. The van der Waals surface area contributed by atoms with E-state index in [2.05, 4.69) is 35.2 Å². The molecule has 0 spiro atoms. The number of nitrogens with zero attached hydrogens (tertiary/aromatic N) is 6. The number of aromatic amines is 2. The van der Waals surface area contributed by atoms with E-state index in [1.807, 2.05) is 91.1 Å². The zero-order chi connectivity index (χ0) is 57.5. The third-order valence-electron chi connectivity index (χ3n) is 13.0. The molecule has 1 amide bonds. The maximum atomic E-state index is 13.5. The van der Waals surface area contributed by atoms with Crippen LogP contribution < -0.4 is 22.2 Å². The summed E-state index contributed by atoms with van der Waals surface area (Å²) in [5.74, 6) is -1.65. The standard InChI is InChI=1S/C30H26F3N5O2.C22H19F3N2O3.C8H9N3/c31-30(32,33)23-11-9-21(10-12-23)27-18-35-26(8-4-7-20-5-2-1-3-6-20)29(40)38(27)19-28(39)36-17-24-15-22-16-34-14-13-25(22)37-24;23-22(24,25)17-11-9-16(10-12-17)19-13-26-18(21(30)27(19)14-20(28)29)8-4-7-15-5-2-1-3-6-15;9-4-7-3-6-5-10-2-1-8(6)11-7/h1-3,5-6,9-16,18,37H,4,7-8,17,19H2,(H,36,39);1-3,5-6,9-13H,4,7-8,14H2,(H,28,29);1-3,5,11H,4,9H2. The second-order valence-corrected chi connectivity index (χ2v) is 18.7. The molecule has 81 heavy (non-hydrogen) atoms.